The van der Waals surface area contributed by atoms with E-state index >= 15 is 0 Å². The van der Waals surface area contributed by atoms with Crippen molar-refractivity contribution in [2.45, 2.75) is 13.0 Å². The Balaban J connectivity index is 1.36. The molecule has 0 bridgehead atoms. The summed E-state index contributed by atoms with van der Waals surface area (Å²) in [6.07, 6.45) is 4.80. The van der Waals surface area contributed by atoms with Crippen LogP contribution in [0.4, 0.5) is 4.79 Å². The number of amides is 2. The van der Waals surface area contributed by atoms with Crippen molar-refractivity contribution in [3.8, 4) is 11.5 Å². The molecular formula is C20H22N2O3. The summed E-state index contributed by atoms with van der Waals surface area (Å²) in [5.41, 5.74) is 2.13. The molecule has 0 saturated heterocycles. The van der Waals surface area contributed by atoms with Gasteiger partial charge in [0.2, 0.25) is 0 Å². The van der Waals surface area contributed by atoms with Crippen LogP contribution in [0.5, 0.6) is 11.5 Å². The minimum Gasteiger partial charge on any atom is -0.486 e. The molecular weight excluding hydrogens is 316 g/mol. The lowest BCUT2D eigenvalue weighted by Gasteiger charge is -2.18. The molecule has 3 rings (SSSR count). The number of carbonyl (C=O) groups excluding carboxylic acids is 1. The van der Waals surface area contributed by atoms with E-state index in [1.807, 2.05) is 60.7 Å². The summed E-state index contributed by atoms with van der Waals surface area (Å²) in [4.78, 5) is 11.7. The van der Waals surface area contributed by atoms with Gasteiger partial charge in [-0.1, -0.05) is 48.6 Å². The van der Waals surface area contributed by atoms with Crippen molar-refractivity contribution >= 4 is 12.1 Å². The zero-order valence-corrected chi connectivity index (χ0v) is 14.0. The standard InChI is InChI=1S/C20H22N2O3/c23-20(22-15-17-7-2-1-3-8-17)21-11-5-4-6-16-9-10-18-19(14-16)25-13-12-24-18/h1-4,6-10,14H,5,11-13,15H2,(H2,21,22,23)/b6-4+. The van der Waals surface area contributed by atoms with Crippen LogP contribution in [-0.4, -0.2) is 25.8 Å². The lowest BCUT2D eigenvalue weighted by Crippen LogP contribution is -2.35. The average molecular weight is 338 g/mol. The second-order valence-electron chi connectivity index (χ2n) is 5.69. The minimum atomic E-state index is -0.156. The van der Waals surface area contributed by atoms with Crippen molar-refractivity contribution < 1.29 is 14.3 Å². The minimum absolute atomic E-state index is 0.156. The summed E-state index contributed by atoms with van der Waals surface area (Å²) in [7, 11) is 0. The number of nitrogens with one attached hydrogen (secondary N) is 2. The van der Waals surface area contributed by atoms with Crippen LogP contribution >= 0.6 is 0 Å². The Hall–Kier alpha value is -2.95. The van der Waals surface area contributed by atoms with Gasteiger partial charge in [-0.2, -0.15) is 0 Å². The van der Waals surface area contributed by atoms with E-state index in [0.29, 0.717) is 26.3 Å². The number of hydrogen-bond acceptors (Lipinski definition) is 3. The zero-order valence-electron chi connectivity index (χ0n) is 14.0. The highest BCUT2D eigenvalue weighted by molar-refractivity contribution is 5.73. The monoisotopic (exact) mass is 338 g/mol. The van der Waals surface area contributed by atoms with Crippen LogP contribution in [0.25, 0.3) is 6.08 Å². The fraction of sp³-hybridized carbons (Fsp3) is 0.250. The third-order valence-corrected chi connectivity index (χ3v) is 3.77. The van der Waals surface area contributed by atoms with Gasteiger partial charge >= 0.3 is 6.03 Å². The molecule has 2 amide bonds. The lowest BCUT2D eigenvalue weighted by atomic mass is 10.1. The van der Waals surface area contributed by atoms with E-state index in [0.717, 1.165) is 29.0 Å². The Bertz CT molecular complexity index is 729. The molecule has 0 aromatic heterocycles. The molecule has 0 unspecified atom stereocenters. The topological polar surface area (TPSA) is 59.6 Å². The van der Waals surface area contributed by atoms with E-state index in [4.69, 9.17) is 9.47 Å². The fourth-order valence-corrected chi connectivity index (χ4v) is 2.49. The highest BCUT2D eigenvalue weighted by Crippen LogP contribution is 2.31. The third-order valence-electron chi connectivity index (χ3n) is 3.77. The largest absolute Gasteiger partial charge is 0.486 e. The number of ether oxygens (including phenoxy) is 2. The van der Waals surface area contributed by atoms with Gasteiger partial charge in [-0.25, -0.2) is 4.79 Å². The number of urea groups is 1. The average Bonchev–Trinajstić information content (AvgIpc) is 2.67. The quantitative estimate of drug-likeness (QED) is 0.794. The summed E-state index contributed by atoms with van der Waals surface area (Å²) in [5.74, 6) is 1.58. The van der Waals surface area contributed by atoms with Crippen molar-refractivity contribution in [1.82, 2.24) is 10.6 Å². The van der Waals surface area contributed by atoms with Crippen LogP contribution in [0.3, 0.4) is 0 Å². The van der Waals surface area contributed by atoms with Crippen LogP contribution in [0, 0.1) is 0 Å². The van der Waals surface area contributed by atoms with E-state index in [-0.39, 0.29) is 6.03 Å². The van der Waals surface area contributed by atoms with Gasteiger partial charge in [-0.15, -0.1) is 0 Å². The summed E-state index contributed by atoms with van der Waals surface area (Å²) in [6, 6.07) is 15.6. The van der Waals surface area contributed by atoms with Crippen molar-refractivity contribution in [3.63, 3.8) is 0 Å². The van der Waals surface area contributed by atoms with Gasteiger partial charge in [0.15, 0.2) is 11.5 Å². The molecule has 0 spiro atoms. The van der Waals surface area contributed by atoms with E-state index in [1.54, 1.807) is 0 Å². The molecule has 1 aliphatic rings. The molecule has 2 N–H and O–H groups in total. The van der Waals surface area contributed by atoms with Crippen molar-refractivity contribution in [2.75, 3.05) is 19.8 Å². The van der Waals surface area contributed by atoms with E-state index in [9.17, 15) is 4.79 Å². The van der Waals surface area contributed by atoms with Gasteiger partial charge in [0, 0.05) is 13.1 Å². The highest BCUT2D eigenvalue weighted by atomic mass is 16.6. The predicted molar refractivity (Wildman–Crippen MR) is 97.8 cm³/mol. The molecule has 0 fully saturated rings. The zero-order chi connectivity index (χ0) is 17.3. The van der Waals surface area contributed by atoms with E-state index in [1.165, 1.54) is 0 Å². The molecule has 25 heavy (non-hydrogen) atoms. The van der Waals surface area contributed by atoms with Gasteiger partial charge in [-0.3, -0.25) is 0 Å². The highest BCUT2D eigenvalue weighted by Gasteiger charge is 2.10. The molecule has 5 heteroatoms. The Kier molecular flexibility index (Phi) is 5.93. The Morgan fingerprint density at radius 1 is 1.00 bits per heavy atom. The Morgan fingerprint density at radius 3 is 2.64 bits per heavy atom. The molecule has 0 atom stereocenters. The van der Waals surface area contributed by atoms with Crippen LogP contribution in [0.1, 0.15) is 17.5 Å². The van der Waals surface area contributed by atoms with Crippen LogP contribution in [-0.2, 0) is 6.54 Å². The number of rotatable bonds is 6. The normalized spacial score (nSPS) is 12.8. The van der Waals surface area contributed by atoms with E-state index < -0.39 is 0 Å². The molecule has 130 valence electrons. The molecule has 5 nitrogen and oxygen atoms in total. The molecule has 0 radical (unpaired) electrons. The molecule has 2 aromatic rings. The summed E-state index contributed by atoms with van der Waals surface area (Å²) in [6.45, 7) is 2.30. The maximum atomic E-state index is 11.7. The van der Waals surface area contributed by atoms with Gasteiger partial charge in [0.1, 0.15) is 13.2 Å². The lowest BCUT2D eigenvalue weighted by molar-refractivity contribution is 0.171. The van der Waals surface area contributed by atoms with Gasteiger partial charge in [0.05, 0.1) is 0 Å². The van der Waals surface area contributed by atoms with Gasteiger partial charge < -0.3 is 20.1 Å². The molecule has 1 aliphatic heterocycles. The smallest absolute Gasteiger partial charge is 0.315 e. The summed E-state index contributed by atoms with van der Waals surface area (Å²) < 4.78 is 11.1. The van der Waals surface area contributed by atoms with Gasteiger partial charge in [0.25, 0.3) is 0 Å². The number of carbonyl (C=O) groups is 1. The molecule has 2 aromatic carbocycles. The first kappa shape index (κ1) is 16.9. The fourth-order valence-electron chi connectivity index (χ4n) is 2.49. The van der Waals surface area contributed by atoms with Gasteiger partial charge in [-0.05, 0) is 29.7 Å². The Morgan fingerprint density at radius 2 is 1.80 bits per heavy atom. The second-order valence-corrected chi connectivity index (χ2v) is 5.69. The maximum absolute atomic E-state index is 11.7. The van der Waals surface area contributed by atoms with Crippen LogP contribution in [0.15, 0.2) is 54.6 Å². The Labute approximate surface area is 147 Å². The molecule has 0 aliphatic carbocycles. The van der Waals surface area contributed by atoms with Crippen LogP contribution in [0.2, 0.25) is 0 Å². The first-order valence-electron chi connectivity index (χ1n) is 8.43. The summed E-state index contributed by atoms with van der Waals surface area (Å²) >= 11 is 0. The van der Waals surface area contributed by atoms with Crippen molar-refractivity contribution in [3.05, 3.63) is 65.7 Å². The number of hydrogen-bond donors (Lipinski definition) is 2. The van der Waals surface area contributed by atoms with Crippen molar-refractivity contribution in [2.24, 2.45) is 0 Å². The molecule has 1 heterocycles. The summed E-state index contributed by atoms with van der Waals surface area (Å²) in [5, 5.41) is 5.68. The predicted octanol–water partition coefficient (Wildman–Crippen LogP) is 3.36. The van der Waals surface area contributed by atoms with Crippen LogP contribution < -0.4 is 20.1 Å². The third kappa shape index (κ3) is 5.28. The maximum Gasteiger partial charge on any atom is 0.315 e. The first-order chi connectivity index (χ1) is 12.3. The first-order valence-corrected chi connectivity index (χ1v) is 8.43. The number of fused-ring (bicyclic) bond motifs is 1. The van der Waals surface area contributed by atoms with E-state index in [2.05, 4.69) is 10.6 Å². The SMILES string of the molecule is O=C(NCC/C=C/c1ccc2c(c1)OCCO2)NCc1ccccc1. The number of benzene rings is 2. The van der Waals surface area contributed by atoms with Crippen molar-refractivity contribution in [1.29, 1.82) is 0 Å². The second kappa shape index (κ2) is 8.78. The molecule has 0 saturated carbocycles.